The van der Waals surface area contributed by atoms with E-state index in [1.54, 1.807) is 6.20 Å². The van der Waals surface area contributed by atoms with Crippen LogP contribution in [-0.2, 0) is 10.0 Å². The second-order valence-corrected chi connectivity index (χ2v) is 10.8. The summed E-state index contributed by atoms with van der Waals surface area (Å²) < 4.78 is 24.9. The number of hydrogen-bond acceptors (Lipinski definition) is 5. The van der Waals surface area contributed by atoms with Crippen molar-refractivity contribution in [1.82, 2.24) is 9.29 Å². The van der Waals surface area contributed by atoms with E-state index in [0.717, 1.165) is 22.4 Å². The van der Waals surface area contributed by atoms with E-state index in [1.807, 2.05) is 31.2 Å². The fourth-order valence-electron chi connectivity index (χ4n) is 4.44. The Kier molecular flexibility index (Phi) is 6.63. The van der Waals surface area contributed by atoms with Crippen molar-refractivity contribution >= 4 is 15.7 Å². The standard InChI is InChI=1S/C26H29N3O3S/c1-18-6-4-5-7-24(18)25(15-26(28-30)22-12-13-27-19(2)14-22)21-10-8-20(9-11-21)23-16-29(17-23)33(3,31)32/h4-14,23,25,30H,15-17H2,1-3H3/b28-26+. The molecular weight excluding hydrogens is 434 g/mol. The van der Waals surface area contributed by atoms with E-state index in [4.69, 9.17) is 0 Å². The van der Waals surface area contributed by atoms with Crippen LogP contribution in [-0.4, -0.2) is 48.0 Å². The van der Waals surface area contributed by atoms with Gasteiger partial charge in [-0.2, -0.15) is 0 Å². The number of pyridine rings is 1. The summed E-state index contributed by atoms with van der Waals surface area (Å²) in [6.45, 7) is 5.07. The van der Waals surface area contributed by atoms with Crippen molar-refractivity contribution in [2.75, 3.05) is 19.3 Å². The second kappa shape index (κ2) is 9.45. The molecular formula is C26H29N3O3S. The molecule has 2 aromatic carbocycles. The molecule has 0 bridgehead atoms. The third kappa shape index (κ3) is 5.15. The van der Waals surface area contributed by atoms with E-state index >= 15 is 0 Å². The molecule has 172 valence electrons. The minimum Gasteiger partial charge on any atom is -0.411 e. The van der Waals surface area contributed by atoms with Gasteiger partial charge in [-0.15, -0.1) is 0 Å². The molecule has 7 heteroatoms. The number of oxime groups is 1. The van der Waals surface area contributed by atoms with Crippen molar-refractivity contribution in [1.29, 1.82) is 0 Å². The number of aromatic nitrogens is 1. The van der Waals surface area contributed by atoms with Gasteiger partial charge in [0.2, 0.25) is 10.0 Å². The Morgan fingerprint density at radius 2 is 1.82 bits per heavy atom. The van der Waals surface area contributed by atoms with Gasteiger partial charge in [-0.25, -0.2) is 12.7 Å². The van der Waals surface area contributed by atoms with Gasteiger partial charge in [-0.3, -0.25) is 4.98 Å². The van der Waals surface area contributed by atoms with Crippen molar-refractivity contribution < 1.29 is 13.6 Å². The Morgan fingerprint density at radius 3 is 2.42 bits per heavy atom. The van der Waals surface area contributed by atoms with Crippen LogP contribution < -0.4 is 0 Å². The van der Waals surface area contributed by atoms with Gasteiger partial charge in [0, 0.05) is 48.8 Å². The molecule has 2 heterocycles. The van der Waals surface area contributed by atoms with Crippen LogP contribution in [0.25, 0.3) is 0 Å². The van der Waals surface area contributed by atoms with Crippen LogP contribution in [0.2, 0.25) is 0 Å². The predicted molar refractivity (Wildman–Crippen MR) is 131 cm³/mol. The first-order valence-corrected chi connectivity index (χ1v) is 12.9. The van der Waals surface area contributed by atoms with Gasteiger partial charge in [-0.05, 0) is 48.2 Å². The van der Waals surface area contributed by atoms with Crippen LogP contribution >= 0.6 is 0 Å². The van der Waals surface area contributed by atoms with E-state index < -0.39 is 10.0 Å². The number of sulfonamides is 1. The zero-order chi connectivity index (χ0) is 23.6. The highest BCUT2D eigenvalue weighted by molar-refractivity contribution is 7.88. The molecule has 4 rings (SSSR count). The molecule has 1 fully saturated rings. The molecule has 0 saturated carbocycles. The zero-order valence-corrected chi connectivity index (χ0v) is 20.0. The smallest absolute Gasteiger partial charge is 0.211 e. The lowest BCUT2D eigenvalue weighted by molar-refractivity contribution is 0.266. The fourth-order valence-corrected chi connectivity index (χ4v) is 5.34. The molecule has 1 unspecified atom stereocenters. The van der Waals surface area contributed by atoms with Gasteiger partial charge >= 0.3 is 0 Å². The number of hydrogen-bond donors (Lipinski definition) is 1. The molecule has 1 aromatic heterocycles. The van der Waals surface area contributed by atoms with Crippen LogP contribution in [0.15, 0.2) is 72.0 Å². The summed E-state index contributed by atoms with van der Waals surface area (Å²) >= 11 is 0. The lowest BCUT2D eigenvalue weighted by atomic mass is 9.82. The van der Waals surface area contributed by atoms with Crippen LogP contribution in [0, 0.1) is 13.8 Å². The highest BCUT2D eigenvalue weighted by Crippen LogP contribution is 2.34. The SMILES string of the molecule is Cc1cc(/C(CC(c2ccc(C3CN(S(C)(=O)=O)C3)cc2)c2ccccc2C)=N/O)ccn1. The minimum atomic E-state index is -3.12. The molecule has 0 aliphatic carbocycles. The second-order valence-electron chi connectivity index (χ2n) is 8.79. The van der Waals surface area contributed by atoms with E-state index in [9.17, 15) is 13.6 Å². The number of nitrogens with zero attached hydrogens (tertiary/aromatic N) is 3. The van der Waals surface area contributed by atoms with Crippen LogP contribution in [0.5, 0.6) is 0 Å². The van der Waals surface area contributed by atoms with Gasteiger partial charge < -0.3 is 5.21 Å². The fraction of sp³-hybridized carbons (Fsp3) is 0.308. The summed E-state index contributed by atoms with van der Waals surface area (Å²) in [4.78, 5) is 4.25. The maximum atomic E-state index is 11.7. The Bertz CT molecular complexity index is 1260. The summed E-state index contributed by atoms with van der Waals surface area (Å²) in [5, 5.41) is 13.5. The molecule has 33 heavy (non-hydrogen) atoms. The summed E-state index contributed by atoms with van der Waals surface area (Å²) in [5.74, 6) is 0.230. The average molecular weight is 464 g/mol. The normalized spacial score (nSPS) is 16.4. The Hall–Kier alpha value is -3.03. The topological polar surface area (TPSA) is 82.9 Å². The third-order valence-corrected chi connectivity index (χ3v) is 7.68. The summed E-state index contributed by atoms with van der Waals surface area (Å²) in [6, 6.07) is 20.5. The molecule has 0 spiro atoms. The Morgan fingerprint density at radius 1 is 1.12 bits per heavy atom. The van der Waals surface area contributed by atoms with Crippen LogP contribution in [0.1, 0.15) is 51.8 Å². The molecule has 1 aliphatic heterocycles. The lowest BCUT2D eigenvalue weighted by Gasteiger charge is -2.37. The molecule has 1 N–H and O–H groups in total. The van der Waals surface area contributed by atoms with Gasteiger partial charge in [0.15, 0.2) is 0 Å². The van der Waals surface area contributed by atoms with Gasteiger partial charge in [0.05, 0.1) is 12.0 Å². The molecule has 1 atom stereocenters. The van der Waals surface area contributed by atoms with Crippen molar-refractivity contribution in [3.63, 3.8) is 0 Å². The number of rotatable bonds is 7. The molecule has 0 amide bonds. The van der Waals surface area contributed by atoms with E-state index in [-0.39, 0.29) is 11.8 Å². The first kappa shape index (κ1) is 23.1. The van der Waals surface area contributed by atoms with E-state index in [1.165, 1.54) is 21.7 Å². The molecule has 6 nitrogen and oxygen atoms in total. The molecule has 1 aliphatic rings. The lowest BCUT2D eigenvalue weighted by Crippen LogP contribution is -2.47. The summed E-state index contributed by atoms with van der Waals surface area (Å²) in [5.41, 5.74) is 6.97. The first-order valence-electron chi connectivity index (χ1n) is 11.0. The van der Waals surface area contributed by atoms with Crippen LogP contribution in [0.4, 0.5) is 0 Å². The van der Waals surface area contributed by atoms with Crippen LogP contribution in [0.3, 0.4) is 0 Å². The number of benzene rings is 2. The Labute approximate surface area is 195 Å². The first-order chi connectivity index (χ1) is 15.8. The van der Waals surface area contributed by atoms with Crippen molar-refractivity contribution in [3.8, 4) is 0 Å². The summed E-state index contributed by atoms with van der Waals surface area (Å²) in [7, 11) is -3.12. The quantitative estimate of drug-likeness (QED) is 0.319. The summed E-state index contributed by atoms with van der Waals surface area (Å²) in [6.07, 6.45) is 3.52. The van der Waals surface area contributed by atoms with Gasteiger partial charge in [-0.1, -0.05) is 53.7 Å². The monoisotopic (exact) mass is 463 g/mol. The minimum absolute atomic E-state index is 0.00790. The average Bonchev–Trinajstić information content (AvgIpc) is 2.74. The van der Waals surface area contributed by atoms with Gasteiger partial charge in [0.25, 0.3) is 0 Å². The third-order valence-electron chi connectivity index (χ3n) is 6.44. The predicted octanol–water partition coefficient (Wildman–Crippen LogP) is 4.46. The van der Waals surface area contributed by atoms with Crippen molar-refractivity contribution in [2.24, 2.45) is 5.16 Å². The van der Waals surface area contributed by atoms with E-state index in [2.05, 4.69) is 53.5 Å². The maximum absolute atomic E-state index is 11.7. The van der Waals surface area contributed by atoms with Crippen molar-refractivity contribution in [2.45, 2.75) is 32.1 Å². The van der Waals surface area contributed by atoms with Crippen molar-refractivity contribution in [3.05, 3.63) is 100 Å². The molecule has 3 aromatic rings. The van der Waals surface area contributed by atoms with Gasteiger partial charge in [0.1, 0.15) is 0 Å². The highest BCUT2D eigenvalue weighted by atomic mass is 32.2. The zero-order valence-electron chi connectivity index (χ0n) is 19.1. The highest BCUT2D eigenvalue weighted by Gasteiger charge is 2.34. The Balaban J connectivity index is 1.63. The van der Waals surface area contributed by atoms with E-state index in [0.29, 0.717) is 25.2 Å². The molecule has 1 saturated heterocycles. The maximum Gasteiger partial charge on any atom is 0.211 e. The largest absolute Gasteiger partial charge is 0.411 e. The number of aryl methyl sites for hydroxylation is 2. The molecule has 0 radical (unpaired) electrons.